The number of carbonyl (C=O) groups excluding carboxylic acids is 1. The van der Waals surface area contributed by atoms with Gasteiger partial charge < -0.3 is 10.6 Å². The molecule has 0 saturated heterocycles. The summed E-state index contributed by atoms with van der Waals surface area (Å²) in [6.07, 6.45) is 0. The van der Waals surface area contributed by atoms with Gasteiger partial charge in [-0.3, -0.25) is 4.79 Å². The molecule has 0 aliphatic carbocycles. The van der Waals surface area contributed by atoms with Gasteiger partial charge in [-0.15, -0.1) is 0 Å². The third kappa shape index (κ3) is 3.52. The fourth-order valence-corrected chi connectivity index (χ4v) is 2.23. The van der Waals surface area contributed by atoms with Gasteiger partial charge >= 0.3 is 0 Å². The standard InChI is InChI=1S/C16H16ClFN2O/c1-2-20(10-11-5-3-4-6-14(11)17)16(21)13-9-12(19)7-8-15(13)18/h3-9H,2,10,19H2,1H3. The zero-order valence-electron chi connectivity index (χ0n) is 11.6. The smallest absolute Gasteiger partial charge is 0.257 e. The van der Waals surface area contributed by atoms with Crippen LogP contribution in [-0.4, -0.2) is 17.4 Å². The molecule has 2 aromatic rings. The zero-order chi connectivity index (χ0) is 15.4. The lowest BCUT2D eigenvalue weighted by Gasteiger charge is -2.22. The molecule has 21 heavy (non-hydrogen) atoms. The molecule has 0 heterocycles. The maximum Gasteiger partial charge on any atom is 0.257 e. The van der Waals surface area contributed by atoms with E-state index in [0.717, 1.165) is 5.56 Å². The molecule has 0 aliphatic heterocycles. The number of anilines is 1. The maximum absolute atomic E-state index is 13.8. The molecule has 2 rings (SSSR count). The molecule has 0 aromatic heterocycles. The van der Waals surface area contributed by atoms with Gasteiger partial charge in [-0.2, -0.15) is 0 Å². The first-order valence-electron chi connectivity index (χ1n) is 6.60. The van der Waals surface area contributed by atoms with Gasteiger partial charge in [0.05, 0.1) is 5.56 Å². The number of amides is 1. The van der Waals surface area contributed by atoms with Crippen LogP contribution in [0.3, 0.4) is 0 Å². The van der Waals surface area contributed by atoms with Crippen molar-refractivity contribution in [3.63, 3.8) is 0 Å². The van der Waals surface area contributed by atoms with Crippen molar-refractivity contribution < 1.29 is 9.18 Å². The van der Waals surface area contributed by atoms with Gasteiger partial charge in [-0.1, -0.05) is 29.8 Å². The maximum atomic E-state index is 13.8. The van der Waals surface area contributed by atoms with Crippen LogP contribution >= 0.6 is 11.6 Å². The highest BCUT2D eigenvalue weighted by Gasteiger charge is 2.19. The summed E-state index contributed by atoms with van der Waals surface area (Å²) < 4.78 is 13.8. The van der Waals surface area contributed by atoms with E-state index >= 15 is 0 Å². The molecule has 0 spiro atoms. The van der Waals surface area contributed by atoms with Crippen molar-refractivity contribution in [3.05, 3.63) is 64.4 Å². The van der Waals surface area contributed by atoms with E-state index in [9.17, 15) is 9.18 Å². The van der Waals surface area contributed by atoms with Gasteiger partial charge in [-0.25, -0.2) is 4.39 Å². The Labute approximate surface area is 128 Å². The fraction of sp³-hybridized carbons (Fsp3) is 0.188. The molecule has 110 valence electrons. The third-order valence-electron chi connectivity index (χ3n) is 3.21. The molecule has 3 nitrogen and oxygen atoms in total. The molecule has 0 atom stereocenters. The van der Waals surface area contributed by atoms with Crippen molar-refractivity contribution in [1.82, 2.24) is 4.90 Å². The molecule has 0 bridgehead atoms. The van der Waals surface area contributed by atoms with Crippen molar-refractivity contribution in [3.8, 4) is 0 Å². The second-order valence-corrected chi connectivity index (χ2v) is 5.06. The molecule has 0 saturated carbocycles. The first-order valence-corrected chi connectivity index (χ1v) is 6.98. The minimum absolute atomic E-state index is 0.0242. The minimum atomic E-state index is -0.577. The van der Waals surface area contributed by atoms with Crippen molar-refractivity contribution in [1.29, 1.82) is 0 Å². The van der Waals surface area contributed by atoms with Gasteiger partial charge in [0.2, 0.25) is 0 Å². The second-order valence-electron chi connectivity index (χ2n) is 4.65. The largest absolute Gasteiger partial charge is 0.399 e. The van der Waals surface area contributed by atoms with E-state index in [1.54, 1.807) is 6.07 Å². The molecule has 1 amide bonds. The Morgan fingerprint density at radius 1 is 1.29 bits per heavy atom. The molecule has 5 heteroatoms. The third-order valence-corrected chi connectivity index (χ3v) is 3.58. The second kappa shape index (κ2) is 6.59. The SMILES string of the molecule is CCN(Cc1ccccc1Cl)C(=O)c1cc(N)ccc1F. The summed E-state index contributed by atoms with van der Waals surface area (Å²) in [4.78, 5) is 14.0. The Hall–Kier alpha value is -2.07. The summed E-state index contributed by atoms with van der Waals surface area (Å²) >= 11 is 6.10. The average Bonchev–Trinajstić information content (AvgIpc) is 2.48. The summed E-state index contributed by atoms with van der Waals surface area (Å²) in [6, 6.07) is 11.3. The molecule has 2 aromatic carbocycles. The van der Waals surface area contributed by atoms with Crippen molar-refractivity contribution >= 4 is 23.2 Å². The van der Waals surface area contributed by atoms with Crippen LogP contribution in [0.2, 0.25) is 5.02 Å². The van der Waals surface area contributed by atoms with Gasteiger partial charge in [0, 0.05) is 23.8 Å². The van der Waals surface area contributed by atoms with Crippen LogP contribution < -0.4 is 5.73 Å². The molecule has 0 fully saturated rings. The normalized spacial score (nSPS) is 10.4. The number of nitrogen functional groups attached to an aromatic ring is 1. The number of rotatable bonds is 4. The van der Waals surface area contributed by atoms with Crippen molar-refractivity contribution in [2.24, 2.45) is 0 Å². The predicted octanol–water partition coefficient (Wildman–Crippen LogP) is 3.72. The number of hydrogen-bond donors (Lipinski definition) is 1. The minimum Gasteiger partial charge on any atom is -0.399 e. The Balaban J connectivity index is 2.27. The van der Waals surface area contributed by atoms with Crippen LogP contribution in [0.5, 0.6) is 0 Å². The van der Waals surface area contributed by atoms with E-state index in [-0.39, 0.29) is 5.56 Å². The first kappa shape index (κ1) is 15.3. The molecular formula is C16H16ClFN2O. The van der Waals surface area contributed by atoms with E-state index in [1.165, 1.54) is 23.1 Å². The van der Waals surface area contributed by atoms with Gasteiger partial charge in [-0.05, 0) is 36.8 Å². The Morgan fingerprint density at radius 2 is 2.00 bits per heavy atom. The predicted molar refractivity (Wildman–Crippen MR) is 82.7 cm³/mol. The first-order chi connectivity index (χ1) is 10.0. The quantitative estimate of drug-likeness (QED) is 0.875. The number of halogens is 2. The summed E-state index contributed by atoms with van der Waals surface area (Å²) in [5.41, 5.74) is 6.77. The highest BCUT2D eigenvalue weighted by molar-refractivity contribution is 6.31. The molecular weight excluding hydrogens is 291 g/mol. The van der Waals surface area contributed by atoms with Gasteiger partial charge in [0.25, 0.3) is 5.91 Å². The number of carbonyl (C=O) groups is 1. The van der Waals surface area contributed by atoms with E-state index in [4.69, 9.17) is 17.3 Å². The lowest BCUT2D eigenvalue weighted by atomic mass is 10.1. The Morgan fingerprint density at radius 3 is 2.67 bits per heavy atom. The van der Waals surface area contributed by atoms with Crippen LogP contribution in [0.15, 0.2) is 42.5 Å². The summed E-state index contributed by atoms with van der Waals surface area (Å²) in [6.45, 7) is 2.60. The average molecular weight is 307 g/mol. The van der Waals surface area contributed by atoms with Crippen LogP contribution in [0, 0.1) is 5.82 Å². The van der Waals surface area contributed by atoms with Crippen molar-refractivity contribution in [2.45, 2.75) is 13.5 Å². The number of nitrogens with zero attached hydrogens (tertiary/aromatic N) is 1. The monoisotopic (exact) mass is 306 g/mol. The topological polar surface area (TPSA) is 46.3 Å². The lowest BCUT2D eigenvalue weighted by Crippen LogP contribution is -2.31. The number of hydrogen-bond acceptors (Lipinski definition) is 2. The van der Waals surface area contributed by atoms with Gasteiger partial charge in [0.15, 0.2) is 0 Å². The summed E-state index contributed by atoms with van der Waals surface area (Å²) in [5, 5.41) is 0.580. The van der Waals surface area contributed by atoms with Crippen LogP contribution in [-0.2, 0) is 6.54 Å². The number of benzene rings is 2. The van der Waals surface area contributed by atoms with Gasteiger partial charge in [0.1, 0.15) is 5.82 Å². The highest BCUT2D eigenvalue weighted by atomic mass is 35.5. The lowest BCUT2D eigenvalue weighted by molar-refractivity contribution is 0.0748. The van der Waals surface area contributed by atoms with E-state index in [0.29, 0.717) is 23.8 Å². The fourth-order valence-electron chi connectivity index (χ4n) is 2.04. The Bertz CT molecular complexity index is 660. The summed E-state index contributed by atoms with van der Waals surface area (Å²) in [7, 11) is 0. The molecule has 0 radical (unpaired) electrons. The molecule has 0 aliphatic rings. The summed E-state index contributed by atoms with van der Waals surface area (Å²) in [5.74, 6) is -0.978. The van der Waals surface area contributed by atoms with E-state index in [1.807, 2.05) is 25.1 Å². The highest BCUT2D eigenvalue weighted by Crippen LogP contribution is 2.20. The molecule has 2 N–H and O–H groups in total. The van der Waals surface area contributed by atoms with Crippen LogP contribution in [0.1, 0.15) is 22.8 Å². The number of nitrogens with two attached hydrogens (primary N) is 1. The van der Waals surface area contributed by atoms with Crippen LogP contribution in [0.4, 0.5) is 10.1 Å². The van der Waals surface area contributed by atoms with Crippen LogP contribution in [0.25, 0.3) is 0 Å². The van der Waals surface area contributed by atoms with E-state index < -0.39 is 11.7 Å². The van der Waals surface area contributed by atoms with E-state index in [2.05, 4.69) is 0 Å². The Kier molecular flexibility index (Phi) is 4.81. The molecule has 0 unspecified atom stereocenters. The van der Waals surface area contributed by atoms with Crippen molar-refractivity contribution in [2.75, 3.05) is 12.3 Å². The zero-order valence-corrected chi connectivity index (χ0v) is 12.4.